The zero-order chi connectivity index (χ0) is 15.2. The molecule has 2 aromatic rings. The fraction of sp³-hybridized carbons (Fsp3) is 0.118. The Bertz CT molecular complexity index is 677. The minimum atomic E-state index is -0.357. The molecule has 0 atom stereocenters. The van der Waals surface area contributed by atoms with Crippen LogP contribution in [0.4, 0.5) is 4.39 Å². The van der Waals surface area contributed by atoms with Crippen LogP contribution in [0.1, 0.15) is 11.1 Å². The number of hydrogen-bond donors (Lipinski definition) is 1. The molecule has 3 nitrogen and oxygen atoms in total. The first-order valence-electron chi connectivity index (χ1n) is 6.41. The number of aromatic hydroxyl groups is 1. The Hall–Kier alpha value is -2.62. The number of rotatable bonds is 5. The van der Waals surface area contributed by atoms with E-state index >= 15 is 0 Å². The molecule has 0 aliphatic carbocycles. The third kappa shape index (κ3) is 4.18. The first-order valence-corrected chi connectivity index (χ1v) is 6.41. The molecule has 0 aliphatic rings. The summed E-state index contributed by atoms with van der Waals surface area (Å²) in [5.74, 6) is -0.115. The molecule has 2 rings (SSSR count). The van der Waals surface area contributed by atoms with E-state index in [9.17, 15) is 14.3 Å². The van der Waals surface area contributed by atoms with E-state index in [1.54, 1.807) is 30.3 Å². The molecule has 0 radical (unpaired) electrons. The fourth-order valence-electron chi connectivity index (χ4n) is 1.91. The van der Waals surface area contributed by atoms with E-state index < -0.39 is 0 Å². The predicted molar refractivity (Wildman–Crippen MR) is 78.8 cm³/mol. The van der Waals surface area contributed by atoms with Gasteiger partial charge in [-0.2, -0.15) is 0 Å². The summed E-state index contributed by atoms with van der Waals surface area (Å²) < 4.78 is 18.0. The third-order valence-electron chi connectivity index (χ3n) is 2.93. The molecule has 21 heavy (non-hydrogen) atoms. The summed E-state index contributed by atoms with van der Waals surface area (Å²) in [5.41, 5.74) is 1.31. The van der Waals surface area contributed by atoms with Crippen LogP contribution in [-0.4, -0.2) is 18.0 Å². The van der Waals surface area contributed by atoms with Gasteiger partial charge in [0, 0.05) is 6.42 Å². The highest BCUT2D eigenvalue weighted by molar-refractivity contribution is 5.95. The predicted octanol–water partition coefficient (Wildman–Crippen LogP) is 3.36. The maximum Gasteiger partial charge on any atom is 0.160 e. The molecule has 0 saturated heterocycles. The summed E-state index contributed by atoms with van der Waals surface area (Å²) in [7, 11) is 1.47. The van der Waals surface area contributed by atoms with Crippen molar-refractivity contribution in [1.29, 1.82) is 0 Å². The Balaban J connectivity index is 2.03. The molecule has 0 spiro atoms. The lowest BCUT2D eigenvalue weighted by atomic mass is 10.1. The number of carbonyl (C=O) groups excluding carboxylic acids is 1. The van der Waals surface area contributed by atoms with E-state index in [2.05, 4.69) is 0 Å². The van der Waals surface area contributed by atoms with Crippen LogP contribution in [0.5, 0.6) is 11.5 Å². The lowest BCUT2D eigenvalue weighted by molar-refractivity contribution is -0.113. The van der Waals surface area contributed by atoms with Crippen LogP contribution in [-0.2, 0) is 11.2 Å². The van der Waals surface area contributed by atoms with Crippen LogP contribution < -0.4 is 4.74 Å². The van der Waals surface area contributed by atoms with Crippen molar-refractivity contribution in [1.82, 2.24) is 0 Å². The minimum absolute atomic E-state index is 0.0113. The van der Waals surface area contributed by atoms with Crippen molar-refractivity contribution in [3.05, 3.63) is 65.5 Å². The van der Waals surface area contributed by atoms with Crippen molar-refractivity contribution in [3.8, 4) is 11.5 Å². The summed E-state index contributed by atoms with van der Waals surface area (Å²) in [6.07, 6.45) is 3.14. The molecule has 0 saturated carbocycles. The number of hydrogen-bond acceptors (Lipinski definition) is 3. The molecule has 1 N–H and O–H groups in total. The highest BCUT2D eigenvalue weighted by atomic mass is 19.1. The average molecular weight is 286 g/mol. The number of halogens is 1. The maximum absolute atomic E-state index is 13.0. The number of phenols is 1. The van der Waals surface area contributed by atoms with Crippen LogP contribution in [0.25, 0.3) is 6.08 Å². The number of ketones is 1. The monoisotopic (exact) mass is 286 g/mol. The van der Waals surface area contributed by atoms with Gasteiger partial charge in [-0.15, -0.1) is 0 Å². The van der Waals surface area contributed by atoms with Crippen molar-refractivity contribution in [2.24, 2.45) is 0 Å². The summed E-state index contributed by atoms with van der Waals surface area (Å²) in [4.78, 5) is 11.8. The molecule has 0 bridgehead atoms. The molecule has 0 fully saturated rings. The number of phenolic OH excluding ortho intramolecular Hbond substituents is 1. The summed E-state index contributed by atoms with van der Waals surface area (Å²) in [6, 6.07) is 10.8. The summed E-state index contributed by atoms with van der Waals surface area (Å²) in [6.45, 7) is 0. The van der Waals surface area contributed by atoms with Crippen molar-refractivity contribution < 1.29 is 19.0 Å². The van der Waals surface area contributed by atoms with Gasteiger partial charge in [-0.1, -0.05) is 24.3 Å². The zero-order valence-corrected chi connectivity index (χ0v) is 11.5. The van der Waals surface area contributed by atoms with Gasteiger partial charge in [0.05, 0.1) is 7.11 Å². The first-order chi connectivity index (χ1) is 10.1. The van der Waals surface area contributed by atoms with E-state index in [0.29, 0.717) is 16.9 Å². The second kappa shape index (κ2) is 6.70. The highest BCUT2D eigenvalue weighted by Gasteiger charge is 2.03. The maximum atomic E-state index is 13.0. The Labute approximate surface area is 122 Å². The first kappa shape index (κ1) is 14.8. The van der Waals surface area contributed by atoms with Crippen molar-refractivity contribution >= 4 is 11.9 Å². The molecular weight excluding hydrogens is 271 g/mol. The normalized spacial score (nSPS) is 10.8. The van der Waals surface area contributed by atoms with Gasteiger partial charge in [0.15, 0.2) is 17.3 Å². The van der Waals surface area contributed by atoms with Crippen LogP contribution in [0.3, 0.4) is 0 Å². The number of benzene rings is 2. The Kier molecular flexibility index (Phi) is 4.72. The average Bonchev–Trinajstić information content (AvgIpc) is 2.45. The Morgan fingerprint density at radius 3 is 2.76 bits per heavy atom. The van der Waals surface area contributed by atoms with E-state index in [1.807, 2.05) is 0 Å². The van der Waals surface area contributed by atoms with Gasteiger partial charge in [-0.3, -0.25) is 4.79 Å². The van der Waals surface area contributed by atoms with Gasteiger partial charge >= 0.3 is 0 Å². The largest absolute Gasteiger partial charge is 0.504 e. The standard InChI is InChI=1S/C17H15FO3/c1-21-17-8-6-12(11-16(17)20)5-7-15(19)10-13-3-2-4-14(18)9-13/h2-9,11,20H,10H2,1H3/b7-5+. The Morgan fingerprint density at radius 1 is 1.29 bits per heavy atom. The van der Waals surface area contributed by atoms with Gasteiger partial charge in [-0.25, -0.2) is 4.39 Å². The topological polar surface area (TPSA) is 46.5 Å². The molecule has 0 unspecified atom stereocenters. The minimum Gasteiger partial charge on any atom is -0.504 e. The van der Waals surface area contributed by atoms with Crippen LogP contribution in [0, 0.1) is 5.82 Å². The lowest BCUT2D eigenvalue weighted by Crippen LogP contribution is -1.98. The second-order valence-electron chi connectivity index (χ2n) is 4.54. The summed E-state index contributed by atoms with van der Waals surface area (Å²) in [5, 5.41) is 9.64. The van der Waals surface area contributed by atoms with Crippen molar-refractivity contribution in [3.63, 3.8) is 0 Å². The number of allylic oxidation sites excluding steroid dienone is 1. The molecule has 0 amide bonds. The van der Waals surface area contributed by atoms with Gasteiger partial charge in [0.2, 0.25) is 0 Å². The quantitative estimate of drug-likeness (QED) is 0.857. The molecule has 108 valence electrons. The van der Waals surface area contributed by atoms with Crippen LogP contribution in [0.2, 0.25) is 0 Å². The third-order valence-corrected chi connectivity index (χ3v) is 2.93. The lowest BCUT2D eigenvalue weighted by Gasteiger charge is -2.03. The fourth-order valence-corrected chi connectivity index (χ4v) is 1.91. The molecule has 0 heterocycles. The smallest absolute Gasteiger partial charge is 0.160 e. The summed E-state index contributed by atoms with van der Waals surface area (Å²) >= 11 is 0. The molecule has 0 aliphatic heterocycles. The molecular formula is C17H15FO3. The SMILES string of the molecule is COc1ccc(/C=C/C(=O)Cc2cccc(F)c2)cc1O. The van der Waals surface area contributed by atoms with Gasteiger partial charge in [-0.05, 0) is 41.5 Å². The molecule has 2 aromatic carbocycles. The van der Waals surface area contributed by atoms with Crippen molar-refractivity contribution in [2.45, 2.75) is 6.42 Å². The van der Waals surface area contributed by atoms with E-state index in [-0.39, 0.29) is 23.8 Å². The second-order valence-corrected chi connectivity index (χ2v) is 4.54. The Morgan fingerprint density at radius 2 is 2.10 bits per heavy atom. The van der Waals surface area contributed by atoms with Gasteiger partial charge < -0.3 is 9.84 Å². The van der Waals surface area contributed by atoms with E-state index in [4.69, 9.17) is 4.74 Å². The number of carbonyl (C=O) groups is 1. The number of ether oxygens (including phenoxy) is 1. The van der Waals surface area contributed by atoms with Crippen molar-refractivity contribution in [2.75, 3.05) is 7.11 Å². The van der Waals surface area contributed by atoms with Gasteiger partial charge in [0.1, 0.15) is 5.82 Å². The molecule has 4 heteroatoms. The van der Waals surface area contributed by atoms with Gasteiger partial charge in [0.25, 0.3) is 0 Å². The van der Waals surface area contributed by atoms with Crippen LogP contribution in [0.15, 0.2) is 48.5 Å². The zero-order valence-electron chi connectivity index (χ0n) is 11.5. The van der Waals surface area contributed by atoms with E-state index in [0.717, 1.165) is 0 Å². The van der Waals surface area contributed by atoms with Crippen LogP contribution >= 0.6 is 0 Å². The molecule has 0 aromatic heterocycles. The number of methoxy groups -OCH3 is 1. The highest BCUT2D eigenvalue weighted by Crippen LogP contribution is 2.26. The van der Waals surface area contributed by atoms with E-state index in [1.165, 1.54) is 31.4 Å².